The lowest BCUT2D eigenvalue weighted by Gasteiger charge is -2.46. The van der Waals surface area contributed by atoms with Crippen LogP contribution in [0.3, 0.4) is 0 Å². The molecule has 2 aromatic rings. The van der Waals surface area contributed by atoms with Gasteiger partial charge in [-0.1, -0.05) is 12.1 Å². The molecule has 31 heavy (non-hydrogen) atoms. The number of amides is 3. The molecule has 0 bridgehead atoms. The molecule has 2 atom stereocenters. The highest BCUT2D eigenvalue weighted by Gasteiger charge is 2.40. The molecule has 1 N–H and O–H groups in total. The highest BCUT2D eigenvalue weighted by molar-refractivity contribution is 5.79. The molecule has 5 rings (SSSR count). The number of hydrogen-bond donors (Lipinski definition) is 1. The van der Waals surface area contributed by atoms with E-state index in [4.69, 9.17) is 9.47 Å². The van der Waals surface area contributed by atoms with Crippen LogP contribution in [0.15, 0.2) is 42.7 Å². The van der Waals surface area contributed by atoms with Gasteiger partial charge in [0.1, 0.15) is 23.9 Å². The maximum atomic E-state index is 13.2. The van der Waals surface area contributed by atoms with Crippen molar-refractivity contribution in [3.63, 3.8) is 0 Å². The zero-order valence-electron chi connectivity index (χ0n) is 16.9. The normalized spacial score (nSPS) is 23.6. The Labute approximate surface area is 178 Å². The van der Waals surface area contributed by atoms with Crippen molar-refractivity contribution in [2.24, 2.45) is 0 Å². The number of rotatable bonds is 3. The Kier molecular flexibility index (Phi) is 5.19. The maximum Gasteiger partial charge on any atom is 0.320 e. The van der Waals surface area contributed by atoms with E-state index in [0.717, 1.165) is 18.2 Å². The number of hydrogen-bond acceptors (Lipinski definition) is 5. The molecule has 0 saturated carbocycles. The van der Waals surface area contributed by atoms with Gasteiger partial charge < -0.3 is 24.6 Å². The number of benzene rings is 1. The van der Waals surface area contributed by atoms with Crippen LogP contribution >= 0.6 is 0 Å². The second-order valence-corrected chi connectivity index (χ2v) is 8.15. The van der Waals surface area contributed by atoms with Gasteiger partial charge in [0, 0.05) is 38.2 Å². The van der Waals surface area contributed by atoms with Crippen LogP contribution in [0.1, 0.15) is 17.9 Å². The molecular formula is C22H23FN4O4. The molecule has 0 aliphatic carbocycles. The average Bonchev–Trinajstić information content (AvgIpc) is 2.73. The smallest absolute Gasteiger partial charge is 0.320 e. The van der Waals surface area contributed by atoms with E-state index < -0.39 is 5.82 Å². The van der Waals surface area contributed by atoms with Crippen LogP contribution in [0, 0.1) is 5.82 Å². The zero-order chi connectivity index (χ0) is 21.4. The fourth-order valence-corrected chi connectivity index (χ4v) is 4.31. The van der Waals surface area contributed by atoms with Crippen LogP contribution in [-0.4, -0.2) is 71.7 Å². The number of piperidine rings is 1. The summed E-state index contributed by atoms with van der Waals surface area (Å²) in [5.41, 5.74) is 1.13. The van der Waals surface area contributed by atoms with Crippen LogP contribution in [-0.2, 0) is 9.53 Å². The van der Waals surface area contributed by atoms with E-state index in [1.165, 1.54) is 12.3 Å². The first-order valence-electron chi connectivity index (χ1n) is 10.4. The van der Waals surface area contributed by atoms with E-state index >= 15 is 0 Å². The molecule has 8 nitrogen and oxygen atoms in total. The monoisotopic (exact) mass is 426 g/mol. The first-order chi connectivity index (χ1) is 15.0. The van der Waals surface area contributed by atoms with Gasteiger partial charge >= 0.3 is 6.03 Å². The number of likely N-dealkylation sites (tertiary alicyclic amines) is 2. The number of carbonyl (C=O) groups is 2. The van der Waals surface area contributed by atoms with Gasteiger partial charge in [-0.2, -0.15) is 0 Å². The summed E-state index contributed by atoms with van der Waals surface area (Å²) in [4.78, 5) is 31.8. The van der Waals surface area contributed by atoms with Crippen molar-refractivity contribution in [2.45, 2.75) is 24.5 Å². The minimum Gasteiger partial charge on any atom is -0.456 e. The Morgan fingerprint density at radius 3 is 2.71 bits per heavy atom. The fourth-order valence-electron chi connectivity index (χ4n) is 4.31. The Morgan fingerprint density at radius 1 is 1.13 bits per heavy atom. The summed E-state index contributed by atoms with van der Waals surface area (Å²) >= 11 is 0. The van der Waals surface area contributed by atoms with Gasteiger partial charge in [0.05, 0.1) is 24.5 Å². The van der Waals surface area contributed by atoms with Gasteiger partial charge in [-0.25, -0.2) is 9.18 Å². The molecule has 3 saturated heterocycles. The Hall–Kier alpha value is -3.20. The SMILES string of the molecule is O=C1CO[C@H]2CCN(C(=O)N3CC(c4ccc(Oc5cncc(F)c5)cc4)C3)C[C@H]2N1. The molecule has 3 aliphatic rings. The summed E-state index contributed by atoms with van der Waals surface area (Å²) in [6, 6.07) is 8.76. The van der Waals surface area contributed by atoms with Crippen LogP contribution in [0.5, 0.6) is 11.5 Å². The number of nitrogens with one attached hydrogen (secondary N) is 1. The highest BCUT2D eigenvalue weighted by Crippen LogP contribution is 2.31. The highest BCUT2D eigenvalue weighted by atomic mass is 19.1. The number of aromatic nitrogens is 1. The van der Waals surface area contributed by atoms with Gasteiger partial charge in [-0.3, -0.25) is 9.78 Å². The second kappa shape index (κ2) is 8.14. The molecule has 3 aliphatic heterocycles. The van der Waals surface area contributed by atoms with Gasteiger partial charge in [0.15, 0.2) is 0 Å². The summed E-state index contributed by atoms with van der Waals surface area (Å²) in [6.07, 6.45) is 3.31. The van der Waals surface area contributed by atoms with Crippen molar-refractivity contribution in [2.75, 3.05) is 32.8 Å². The van der Waals surface area contributed by atoms with Crippen molar-refractivity contribution in [1.29, 1.82) is 0 Å². The summed E-state index contributed by atoms with van der Waals surface area (Å²) < 4.78 is 24.4. The minimum absolute atomic E-state index is 0.00483. The Bertz CT molecular complexity index is 980. The van der Waals surface area contributed by atoms with Crippen molar-refractivity contribution < 1.29 is 23.5 Å². The molecule has 3 fully saturated rings. The van der Waals surface area contributed by atoms with E-state index in [9.17, 15) is 14.0 Å². The molecule has 3 amide bonds. The standard InChI is InChI=1S/C22H23FN4O4/c23-16-7-18(9-24-8-16)31-17-3-1-14(2-4-17)15-10-27(11-15)22(29)26-6-5-20-19(12-26)25-21(28)13-30-20/h1-4,7-9,15,19-20H,5-6,10-13H2,(H,25,28)/t19-,20+/m1/s1. The number of pyridine rings is 1. The Balaban J connectivity index is 1.13. The van der Waals surface area contributed by atoms with Crippen LogP contribution in [0.2, 0.25) is 0 Å². The number of fused-ring (bicyclic) bond motifs is 1. The summed E-state index contributed by atoms with van der Waals surface area (Å²) in [5.74, 6) is 0.639. The number of urea groups is 1. The number of carbonyl (C=O) groups excluding carboxylic acids is 2. The molecule has 1 aromatic heterocycles. The predicted molar refractivity (Wildman–Crippen MR) is 108 cm³/mol. The van der Waals surface area contributed by atoms with Gasteiger partial charge in [-0.15, -0.1) is 0 Å². The van der Waals surface area contributed by atoms with E-state index in [2.05, 4.69) is 10.3 Å². The lowest BCUT2D eigenvalue weighted by atomic mass is 9.91. The number of halogens is 1. The second-order valence-electron chi connectivity index (χ2n) is 8.15. The van der Waals surface area contributed by atoms with Crippen LogP contribution in [0.25, 0.3) is 0 Å². The molecule has 9 heteroatoms. The van der Waals surface area contributed by atoms with Crippen molar-refractivity contribution in [1.82, 2.24) is 20.1 Å². The minimum atomic E-state index is -0.448. The lowest BCUT2D eigenvalue weighted by Crippen LogP contribution is -2.63. The van der Waals surface area contributed by atoms with Crippen molar-refractivity contribution >= 4 is 11.9 Å². The lowest BCUT2D eigenvalue weighted by molar-refractivity contribution is -0.139. The topological polar surface area (TPSA) is 84.0 Å². The number of nitrogens with zero attached hydrogens (tertiary/aromatic N) is 3. The van der Waals surface area contributed by atoms with E-state index in [1.807, 2.05) is 29.2 Å². The third-order valence-corrected chi connectivity index (χ3v) is 6.01. The third kappa shape index (κ3) is 4.18. The predicted octanol–water partition coefficient (Wildman–Crippen LogP) is 2.12. The molecule has 0 radical (unpaired) electrons. The summed E-state index contributed by atoms with van der Waals surface area (Å²) in [5, 5.41) is 2.93. The number of ether oxygens (including phenoxy) is 2. The quantitative estimate of drug-likeness (QED) is 0.813. The van der Waals surface area contributed by atoms with E-state index in [0.29, 0.717) is 37.7 Å². The van der Waals surface area contributed by atoms with Gasteiger partial charge in [0.25, 0.3) is 0 Å². The van der Waals surface area contributed by atoms with Gasteiger partial charge in [-0.05, 0) is 24.1 Å². The molecule has 162 valence electrons. The molecule has 0 unspecified atom stereocenters. The third-order valence-electron chi connectivity index (χ3n) is 6.01. The van der Waals surface area contributed by atoms with Crippen molar-refractivity contribution in [3.8, 4) is 11.5 Å². The van der Waals surface area contributed by atoms with Crippen LogP contribution in [0.4, 0.5) is 9.18 Å². The van der Waals surface area contributed by atoms with Crippen LogP contribution < -0.4 is 10.1 Å². The summed E-state index contributed by atoms with van der Waals surface area (Å²) in [7, 11) is 0. The first kappa shape index (κ1) is 19.7. The maximum absolute atomic E-state index is 13.2. The van der Waals surface area contributed by atoms with E-state index in [-0.39, 0.29) is 36.6 Å². The van der Waals surface area contributed by atoms with Crippen molar-refractivity contribution in [3.05, 3.63) is 54.1 Å². The molecular weight excluding hydrogens is 403 g/mol. The molecule has 1 aromatic carbocycles. The number of morpholine rings is 1. The average molecular weight is 426 g/mol. The van der Waals surface area contributed by atoms with E-state index in [1.54, 1.807) is 4.90 Å². The van der Waals surface area contributed by atoms with Gasteiger partial charge in [0.2, 0.25) is 5.91 Å². The zero-order valence-corrected chi connectivity index (χ0v) is 16.9. The molecule has 4 heterocycles. The largest absolute Gasteiger partial charge is 0.456 e. The fraction of sp³-hybridized carbons (Fsp3) is 0.409. The molecule has 0 spiro atoms. The summed E-state index contributed by atoms with van der Waals surface area (Å²) in [6.45, 7) is 2.53. The first-order valence-corrected chi connectivity index (χ1v) is 10.4. The Morgan fingerprint density at radius 2 is 1.94 bits per heavy atom.